The number of hydrogen-bond acceptors (Lipinski definition) is 3. The fraction of sp³-hybridized carbons (Fsp3) is 0.333. The van der Waals surface area contributed by atoms with Gasteiger partial charge in [-0.3, -0.25) is 14.5 Å². The van der Waals surface area contributed by atoms with E-state index in [1.807, 2.05) is 29.2 Å². The summed E-state index contributed by atoms with van der Waals surface area (Å²) in [4.78, 5) is 27.9. The fourth-order valence-corrected chi connectivity index (χ4v) is 4.21. The van der Waals surface area contributed by atoms with Crippen LogP contribution >= 0.6 is 11.6 Å². The van der Waals surface area contributed by atoms with Crippen molar-refractivity contribution in [3.8, 4) is 12.3 Å². The molecule has 0 aromatic heterocycles. The molecule has 2 aromatic rings. The van der Waals surface area contributed by atoms with Gasteiger partial charge in [0.25, 0.3) is 5.91 Å². The van der Waals surface area contributed by atoms with E-state index in [2.05, 4.69) is 30.4 Å². The summed E-state index contributed by atoms with van der Waals surface area (Å²) in [6, 6.07) is 10.1. The summed E-state index contributed by atoms with van der Waals surface area (Å²) in [6.45, 7) is 5.43. The van der Waals surface area contributed by atoms with Gasteiger partial charge >= 0.3 is 0 Å². The molecule has 0 spiro atoms. The molecule has 0 radical (unpaired) electrons. The minimum atomic E-state index is -0.867. The lowest BCUT2D eigenvalue weighted by Gasteiger charge is -2.49. The lowest BCUT2D eigenvalue weighted by molar-refractivity contribution is -0.127. The van der Waals surface area contributed by atoms with Gasteiger partial charge in [0, 0.05) is 20.1 Å². The molecule has 1 fully saturated rings. The van der Waals surface area contributed by atoms with Gasteiger partial charge in [-0.15, -0.1) is 6.42 Å². The summed E-state index contributed by atoms with van der Waals surface area (Å²) in [6.07, 6.45) is 5.45. The van der Waals surface area contributed by atoms with Gasteiger partial charge in [-0.1, -0.05) is 55.6 Å². The van der Waals surface area contributed by atoms with Crippen LogP contribution in [0.15, 0.2) is 36.4 Å². The lowest BCUT2D eigenvalue weighted by atomic mass is 9.69. The highest BCUT2D eigenvalue weighted by molar-refractivity contribution is 6.31. The molecule has 1 aliphatic rings. The van der Waals surface area contributed by atoms with Crippen LogP contribution in [0.1, 0.15) is 41.3 Å². The van der Waals surface area contributed by atoms with E-state index >= 15 is 0 Å². The molecule has 0 saturated carbocycles. The first-order valence-corrected chi connectivity index (χ1v) is 10.4. The molecule has 3 rings (SSSR count). The Balaban J connectivity index is 2.04. The minimum Gasteiger partial charge on any atom is -0.355 e. The topological polar surface area (TPSA) is 61.4 Å². The van der Waals surface area contributed by atoms with Gasteiger partial charge < -0.3 is 10.6 Å². The molecule has 162 valence electrons. The van der Waals surface area contributed by atoms with Gasteiger partial charge in [-0.05, 0) is 29.2 Å². The highest BCUT2D eigenvalue weighted by Crippen LogP contribution is 2.40. The number of hydrogen-bond donors (Lipinski definition) is 2. The third-order valence-electron chi connectivity index (χ3n) is 5.62. The average Bonchev–Trinajstić information content (AvgIpc) is 2.72. The maximum Gasteiger partial charge on any atom is 0.253 e. The normalized spacial score (nSPS) is 15.1. The van der Waals surface area contributed by atoms with Crippen LogP contribution < -0.4 is 10.6 Å². The molecule has 0 bridgehead atoms. The van der Waals surface area contributed by atoms with Gasteiger partial charge in [0.05, 0.1) is 28.2 Å². The van der Waals surface area contributed by atoms with E-state index in [0.717, 1.165) is 17.2 Å². The molecule has 1 heterocycles. The number of nitrogens with zero attached hydrogens (tertiary/aromatic N) is 1. The Morgan fingerprint density at radius 2 is 1.97 bits per heavy atom. The number of carbonyl (C=O) groups is 2. The second-order valence-electron chi connectivity index (χ2n) is 8.02. The Morgan fingerprint density at radius 1 is 1.29 bits per heavy atom. The number of carbonyl (C=O) groups excluding carboxylic acids is 2. The number of anilines is 1. The minimum absolute atomic E-state index is 0.0723. The molecule has 2 amide bonds. The number of nitrogens with one attached hydrogen (secondary N) is 2. The van der Waals surface area contributed by atoms with Crippen molar-refractivity contribution in [2.24, 2.45) is 0 Å². The standard InChI is InChI=1S/C24H25ClFN3O2/c1-5-10-29-13-24(14-29,18-9-7-6-8-16(18)15(2)3)23(31)28-21-12-20(26)19(25)11-17(21)22(30)27-4/h1,6-9,11-12,15H,10,13-14H2,2-4H3,(H,27,30)(H,28,31). The molecule has 2 aromatic carbocycles. The predicted molar refractivity (Wildman–Crippen MR) is 121 cm³/mol. The van der Waals surface area contributed by atoms with Crippen LogP contribution in [0.2, 0.25) is 5.02 Å². The number of likely N-dealkylation sites (tertiary alicyclic amines) is 1. The summed E-state index contributed by atoms with van der Waals surface area (Å²) in [5.41, 5.74) is 1.27. The Labute approximate surface area is 187 Å². The van der Waals surface area contributed by atoms with Gasteiger partial charge in [-0.25, -0.2) is 4.39 Å². The molecule has 0 atom stereocenters. The molecule has 31 heavy (non-hydrogen) atoms. The Morgan fingerprint density at radius 3 is 2.58 bits per heavy atom. The first-order valence-electron chi connectivity index (χ1n) is 10.0. The number of amides is 2. The van der Waals surface area contributed by atoms with E-state index < -0.39 is 17.1 Å². The van der Waals surface area contributed by atoms with Crippen molar-refractivity contribution in [2.75, 3.05) is 32.0 Å². The third-order valence-corrected chi connectivity index (χ3v) is 5.90. The summed E-state index contributed by atoms with van der Waals surface area (Å²) in [5, 5.41) is 5.08. The Bertz CT molecular complexity index is 1060. The van der Waals surface area contributed by atoms with Crippen LogP contribution in [-0.4, -0.2) is 43.4 Å². The van der Waals surface area contributed by atoms with Crippen LogP contribution in [-0.2, 0) is 10.2 Å². The number of benzene rings is 2. The van der Waals surface area contributed by atoms with Crippen molar-refractivity contribution in [3.05, 3.63) is 63.9 Å². The zero-order valence-corrected chi connectivity index (χ0v) is 18.5. The predicted octanol–water partition coefficient (Wildman–Crippen LogP) is 3.79. The molecule has 7 heteroatoms. The third kappa shape index (κ3) is 4.30. The molecule has 0 unspecified atom stereocenters. The second-order valence-corrected chi connectivity index (χ2v) is 8.43. The van der Waals surface area contributed by atoms with E-state index in [0.29, 0.717) is 19.6 Å². The zero-order valence-electron chi connectivity index (χ0n) is 17.8. The molecule has 1 aliphatic heterocycles. The molecule has 2 N–H and O–H groups in total. The monoisotopic (exact) mass is 441 g/mol. The SMILES string of the molecule is C#CCN1CC(C(=O)Nc2cc(F)c(Cl)cc2C(=O)NC)(c2ccccc2C(C)C)C1. The molecule has 5 nitrogen and oxygen atoms in total. The van der Waals surface area contributed by atoms with Crippen LogP contribution in [0.25, 0.3) is 0 Å². The van der Waals surface area contributed by atoms with E-state index in [-0.39, 0.29) is 28.1 Å². The number of terminal acetylenes is 1. The second kappa shape index (κ2) is 9.09. The summed E-state index contributed by atoms with van der Waals surface area (Å²) >= 11 is 5.86. The van der Waals surface area contributed by atoms with Crippen molar-refractivity contribution in [3.63, 3.8) is 0 Å². The van der Waals surface area contributed by atoms with Gasteiger partial charge in [0.15, 0.2) is 0 Å². The van der Waals surface area contributed by atoms with E-state index in [9.17, 15) is 14.0 Å². The number of rotatable bonds is 6. The highest BCUT2D eigenvalue weighted by atomic mass is 35.5. The van der Waals surface area contributed by atoms with Crippen molar-refractivity contribution < 1.29 is 14.0 Å². The van der Waals surface area contributed by atoms with Gasteiger partial charge in [0.1, 0.15) is 5.82 Å². The first-order chi connectivity index (χ1) is 14.7. The van der Waals surface area contributed by atoms with Crippen molar-refractivity contribution in [1.29, 1.82) is 0 Å². The number of halogens is 2. The van der Waals surface area contributed by atoms with Gasteiger partial charge in [0.2, 0.25) is 5.91 Å². The largest absolute Gasteiger partial charge is 0.355 e. The van der Waals surface area contributed by atoms with Crippen LogP contribution in [0, 0.1) is 18.2 Å². The Hall–Kier alpha value is -2.88. The maximum atomic E-state index is 14.2. The molecular formula is C24H25ClFN3O2. The van der Waals surface area contributed by atoms with E-state index in [4.69, 9.17) is 18.0 Å². The quantitative estimate of drug-likeness (QED) is 0.670. The van der Waals surface area contributed by atoms with Gasteiger partial charge in [-0.2, -0.15) is 0 Å². The smallest absolute Gasteiger partial charge is 0.253 e. The molecular weight excluding hydrogens is 417 g/mol. The molecule has 0 aliphatic carbocycles. The van der Waals surface area contributed by atoms with Crippen LogP contribution in [0.5, 0.6) is 0 Å². The van der Waals surface area contributed by atoms with Crippen molar-refractivity contribution in [1.82, 2.24) is 10.2 Å². The average molecular weight is 442 g/mol. The summed E-state index contributed by atoms with van der Waals surface area (Å²) < 4.78 is 14.2. The van der Waals surface area contributed by atoms with Crippen molar-refractivity contribution >= 4 is 29.1 Å². The van der Waals surface area contributed by atoms with E-state index in [1.54, 1.807) is 0 Å². The lowest BCUT2D eigenvalue weighted by Crippen LogP contribution is -2.65. The fourth-order valence-electron chi connectivity index (χ4n) is 4.05. The Kier molecular flexibility index (Phi) is 6.68. The summed E-state index contributed by atoms with van der Waals surface area (Å²) in [5.74, 6) is 1.30. The van der Waals surface area contributed by atoms with Crippen LogP contribution in [0.4, 0.5) is 10.1 Å². The first kappa shape index (κ1) is 22.8. The maximum absolute atomic E-state index is 14.2. The van der Waals surface area contributed by atoms with Crippen molar-refractivity contribution in [2.45, 2.75) is 25.2 Å². The zero-order chi connectivity index (χ0) is 22.8. The molecule has 1 saturated heterocycles. The highest BCUT2D eigenvalue weighted by Gasteiger charge is 2.51. The van der Waals surface area contributed by atoms with E-state index in [1.165, 1.54) is 13.1 Å². The summed E-state index contributed by atoms with van der Waals surface area (Å²) in [7, 11) is 1.45. The van der Waals surface area contributed by atoms with Crippen LogP contribution in [0.3, 0.4) is 0 Å².